The van der Waals surface area contributed by atoms with Crippen LogP contribution in [0.1, 0.15) is 31.7 Å². The molecule has 0 spiro atoms. The molecule has 0 aliphatic carbocycles. The summed E-state index contributed by atoms with van der Waals surface area (Å²) in [7, 11) is 1.60. The minimum absolute atomic E-state index is 0.181. The molecule has 1 aliphatic heterocycles. The minimum atomic E-state index is -0.196. The van der Waals surface area contributed by atoms with Crippen LogP contribution in [-0.4, -0.2) is 29.7 Å². The first kappa shape index (κ1) is 17.1. The molecule has 2 amide bonds. The van der Waals surface area contributed by atoms with Gasteiger partial charge in [0.1, 0.15) is 5.75 Å². The number of hydrogen-bond acceptors (Lipinski definition) is 4. The topological polar surface area (TPSA) is 46.6 Å². The normalized spacial score (nSPS) is 16.7. The highest BCUT2D eigenvalue weighted by molar-refractivity contribution is 9.10. The van der Waals surface area contributed by atoms with Crippen LogP contribution in [0.2, 0.25) is 0 Å². The molecule has 0 atom stereocenters. The summed E-state index contributed by atoms with van der Waals surface area (Å²) in [4.78, 5) is 26.1. The smallest absolute Gasteiger partial charge is 0.293 e. The molecule has 0 saturated carbocycles. The average molecular weight is 384 g/mol. The zero-order chi connectivity index (χ0) is 16.1. The van der Waals surface area contributed by atoms with Gasteiger partial charge in [0.25, 0.3) is 11.1 Å². The zero-order valence-corrected chi connectivity index (χ0v) is 15.0. The van der Waals surface area contributed by atoms with E-state index < -0.39 is 0 Å². The largest absolute Gasteiger partial charge is 0.496 e. The van der Waals surface area contributed by atoms with E-state index >= 15 is 0 Å². The fourth-order valence-electron chi connectivity index (χ4n) is 2.14. The minimum Gasteiger partial charge on any atom is -0.496 e. The van der Waals surface area contributed by atoms with Crippen molar-refractivity contribution >= 4 is 44.9 Å². The van der Waals surface area contributed by atoms with E-state index in [2.05, 4.69) is 22.9 Å². The lowest BCUT2D eigenvalue weighted by atomic mass is 10.2. The molecule has 0 bridgehead atoms. The molecular weight excluding hydrogens is 366 g/mol. The number of hydrogen-bond donors (Lipinski definition) is 0. The Morgan fingerprint density at radius 2 is 2.09 bits per heavy atom. The predicted octanol–water partition coefficient (Wildman–Crippen LogP) is 4.68. The number of ether oxygens (including phenoxy) is 1. The van der Waals surface area contributed by atoms with Crippen molar-refractivity contribution < 1.29 is 14.3 Å². The molecule has 1 fully saturated rings. The van der Waals surface area contributed by atoms with Crippen LogP contribution in [0.5, 0.6) is 5.75 Å². The number of benzene rings is 1. The van der Waals surface area contributed by atoms with Gasteiger partial charge in [-0.3, -0.25) is 14.5 Å². The number of amides is 2. The van der Waals surface area contributed by atoms with Crippen LogP contribution < -0.4 is 4.74 Å². The van der Waals surface area contributed by atoms with Gasteiger partial charge in [-0.2, -0.15) is 0 Å². The summed E-state index contributed by atoms with van der Waals surface area (Å²) in [6.45, 7) is 2.59. The predicted molar refractivity (Wildman–Crippen MR) is 92.9 cm³/mol. The molecule has 0 N–H and O–H groups in total. The molecular formula is C16H18BrNO3S. The van der Waals surface area contributed by atoms with Crippen molar-refractivity contribution in [2.75, 3.05) is 13.7 Å². The fourth-order valence-corrected chi connectivity index (χ4v) is 3.56. The van der Waals surface area contributed by atoms with E-state index in [4.69, 9.17) is 4.74 Å². The molecule has 4 nitrogen and oxygen atoms in total. The number of carbonyl (C=O) groups excluding carboxylic acids is 2. The van der Waals surface area contributed by atoms with Crippen molar-refractivity contribution in [3.8, 4) is 5.75 Å². The van der Waals surface area contributed by atoms with E-state index in [1.165, 1.54) is 4.90 Å². The Bertz CT molecular complexity index is 615. The third-order valence-electron chi connectivity index (χ3n) is 3.33. The highest BCUT2D eigenvalue weighted by atomic mass is 79.9. The summed E-state index contributed by atoms with van der Waals surface area (Å²) >= 11 is 4.42. The maximum absolute atomic E-state index is 12.3. The van der Waals surface area contributed by atoms with Gasteiger partial charge in [0.2, 0.25) is 0 Å². The van der Waals surface area contributed by atoms with Gasteiger partial charge in [0.15, 0.2) is 0 Å². The van der Waals surface area contributed by atoms with Crippen molar-refractivity contribution in [1.29, 1.82) is 0 Å². The summed E-state index contributed by atoms with van der Waals surface area (Å²) in [6.07, 6.45) is 4.68. The van der Waals surface area contributed by atoms with Crippen LogP contribution in [0, 0.1) is 0 Å². The molecule has 0 radical (unpaired) electrons. The third-order valence-corrected chi connectivity index (χ3v) is 4.86. The lowest BCUT2D eigenvalue weighted by Crippen LogP contribution is -2.29. The molecule has 0 unspecified atom stereocenters. The number of carbonyl (C=O) groups is 2. The first-order valence-electron chi connectivity index (χ1n) is 7.15. The second kappa shape index (κ2) is 7.83. The fraction of sp³-hybridized carbons (Fsp3) is 0.375. The van der Waals surface area contributed by atoms with E-state index in [-0.39, 0.29) is 11.1 Å². The van der Waals surface area contributed by atoms with Gasteiger partial charge < -0.3 is 4.74 Å². The second-order valence-corrected chi connectivity index (χ2v) is 6.78. The molecule has 118 valence electrons. The van der Waals surface area contributed by atoms with E-state index in [0.29, 0.717) is 11.4 Å². The Morgan fingerprint density at radius 3 is 2.73 bits per heavy atom. The number of methoxy groups -OCH3 is 1. The Labute approximate surface area is 143 Å². The van der Waals surface area contributed by atoms with Crippen molar-refractivity contribution in [2.45, 2.75) is 26.2 Å². The first-order valence-corrected chi connectivity index (χ1v) is 8.76. The van der Waals surface area contributed by atoms with Gasteiger partial charge in [-0.05, 0) is 57.9 Å². The number of halogens is 1. The molecule has 22 heavy (non-hydrogen) atoms. The van der Waals surface area contributed by atoms with Crippen LogP contribution in [0.15, 0.2) is 27.6 Å². The summed E-state index contributed by atoms with van der Waals surface area (Å²) < 4.78 is 5.99. The van der Waals surface area contributed by atoms with Gasteiger partial charge in [-0.15, -0.1) is 0 Å². The van der Waals surface area contributed by atoms with E-state index in [1.807, 2.05) is 18.2 Å². The highest BCUT2D eigenvalue weighted by Gasteiger charge is 2.34. The summed E-state index contributed by atoms with van der Waals surface area (Å²) in [6, 6.07) is 5.54. The number of unbranched alkanes of at least 4 members (excludes halogenated alkanes) is 2. The summed E-state index contributed by atoms with van der Waals surface area (Å²) in [5.41, 5.74) is 0.853. The SMILES string of the molecule is CCCCCN1C(=O)S/C(=C\c2ccc(OC)c(Br)c2)C1=O. The van der Waals surface area contributed by atoms with E-state index in [9.17, 15) is 9.59 Å². The van der Waals surface area contributed by atoms with E-state index in [1.54, 1.807) is 13.2 Å². The zero-order valence-electron chi connectivity index (χ0n) is 12.6. The Balaban J connectivity index is 2.14. The first-order chi connectivity index (χ1) is 10.6. The monoisotopic (exact) mass is 383 g/mol. The lowest BCUT2D eigenvalue weighted by Gasteiger charge is -2.11. The highest BCUT2D eigenvalue weighted by Crippen LogP contribution is 2.33. The Kier molecular flexibility index (Phi) is 6.08. The van der Waals surface area contributed by atoms with Gasteiger partial charge >= 0.3 is 0 Å². The van der Waals surface area contributed by atoms with E-state index in [0.717, 1.165) is 46.8 Å². The van der Waals surface area contributed by atoms with Crippen molar-refractivity contribution in [3.63, 3.8) is 0 Å². The summed E-state index contributed by atoms with van der Waals surface area (Å²) in [5, 5.41) is -0.181. The number of imide groups is 1. The molecule has 1 aliphatic rings. The maximum Gasteiger partial charge on any atom is 0.293 e. The number of nitrogens with zero attached hydrogens (tertiary/aromatic N) is 1. The van der Waals surface area contributed by atoms with Crippen LogP contribution in [0.3, 0.4) is 0 Å². The van der Waals surface area contributed by atoms with Gasteiger partial charge in [0.05, 0.1) is 16.5 Å². The molecule has 1 aromatic rings. The van der Waals surface area contributed by atoms with Crippen molar-refractivity contribution in [3.05, 3.63) is 33.1 Å². The van der Waals surface area contributed by atoms with Crippen LogP contribution in [0.25, 0.3) is 6.08 Å². The Hall–Kier alpha value is -1.27. The standard InChI is InChI=1S/C16H18BrNO3S/c1-3-4-5-8-18-15(19)14(22-16(18)20)10-11-6-7-13(21-2)12(17)9-11/h6-7,9-10H,3-5,8H2,1-2H3/b14-10-. The van der Waals surface area contributed by atoms with Gasteiger partial charge in [0, 0.05) is 6.54 Å². The molecule has 0 aromatic heterocycles. The molecule has 6 heteroatoms. The maximum atomic E-state index is 12.3. The average Bonchev–Trinajstić information content (AvgIpc) is 2.75. The number of thioether (sulfide) groups is 1. The van der Waals surface area contributed by atoms with Crippen molar-refractivity contribution in [1.82, 2.24) is 4.90 Å². The van der Waals surface area contributed by atoms with Gasteiger partial charge in [-0.1, -0.05) is 25.8 Å². The second-order valence-electron chi connectivity index (χ2n) is 4.93. The van der Waals surface area contributed by atoms with Crippen LogP contribution in [-0.2, 0) is 4.79 Å². The molecule has 1 aromatic carbocycles. The summed E-state index contributed by atoms with van der Waals surface area (Å²) in [5.74, 6) is 0.530. The van der Waals surface area contributed by atoms with Crippen LogP contribution in [0.4, 0.5) is 4.79 Å². The van der Waals surface area contributed by atoms with Crippen LogP contribution >= 0.6 is 27.7 Å². The molecule has 1 heterocycles. The quantitative estimate of drug-likeness (QED) is 0.528. The molecule has 1 saturated heterocycles. The van der Waals surface area contributed by atoms with Gasteiger partial charge in [-0.25, -0.2) is 0 Å². The van der Waals surface area contributed by atoms with Crippen molar-refractivity contribution in [2.24, 2.45) is 0 Å². The Morgan fingerprint density at radius 1 is 1.32 bits per heavy atom. The number of rotatable bonds is 6. The third kappa shape index (κ3) is 3.93. The molecule has 2 rings (SSSR count). The lowest BCUT2D eigenvalue weighted by molar-refractivity contribution is -0.122.